The Hall–Kier alpha value is -2.57. The Kier molecular flexibility index (Phi) is 6.25. The molecule has 0 saturated heterocycles. The maximum absolute atomic E-state index is 12.8. The molecule has 0 unspecified atom stereocenters. The summed E-state index contributed by atoms with van der Waals surface area (Å²) in [7, 11) is 0. The van der Waals surface area contributed by atoms with E-state index in [-0.39, 0.29) is 5.56 Å². The maximum atomic E-state index is 12.8. The fraction of sp³-hybridized carbons (Fsp3) is 0.250. The fourth-order valence-corrected chi connectivity index (χ4v) is 4.88. The molecule has 0 atom stereocenters. The molecule has 30 heavy (non-hydrogen) atoms. The van der Waals surface area contributed by atoms with Crippen molar-refractivity contribution in [1.82, 2.24) is 9.97 Å². The zero-order valence-electron chi connectivity index (χ0n) is 17.3. The monoisotopic (exact) mass is 436 g/mol. The van der Waals surface area contributed by atoms with Crippen LogP contribution >= 0.6 is 23.1 Å². The smallest absolute Gasteiger partial charge is 0.260 e. The molecule has 1 N–H and O–H groups in total. The number of rotatable bonds is 7. The summed E-state index contributed by atoms with van der Waals surface area (Å²) in [5, 5.41) is 3.31. The minimum Gasteiger partial charge on any atom is -0.493 e. The lowest BCUT2D eigenvalue weighted by Crippen LogP contribution is -2.09. The minimum absolute atomic E-state index is 0.0915. The van der Waals surface area contributed by atoms with Gasteiger partial charge in [-0.05, 0) is 36.1 Å². The van der Waals surface area contributed by atoms with E-state index >= 15 is 0 Å². The largest absolute Gasteiger partial charge is 0.493 e. The first-order chi connectivity index (χ1) is 14.5. The summed E-state index contributed by atoms with van der Waals surface area (Å²) in [6, 6.07) is 16.4. The van der Waals surface area contributed by atoms with Crippen molar-refractivity contribution in [2.75, 3.05) is 12.4 Å². The summed E-state index contributed by atoms with van der Waals surface area (Å²) in [6.45, 7) is 6.95. The fourth-order valence-electron chi connectivity index (χ4n) is 3.19. The lowest BCUT2D eigenvalue weighted by atomic mass is 9.99. The van der Waals surface area contributed by atoms with Gasteiger partial charge >= 0.3 is 0 Å². The molecule has 0 radical (unpaired) electrons. The summed E-state index contributed by atoms with van der Waals surface area (Å²) < 4.78 is 5.75. The summed E-state index contributed by atoms with van der Waals surface area (Å²) in [5.74, 6) is 2.04. The second kappa shape index (κ2) is 9.06. The van der Waals surface area contributed by atoms with E-state index in [2.05, 4.69) is 55.0 Å². The molecule has 6 heteroatoms. The van der Waals surface area contributed by atoms with Crippen LogP contribution in [0.15, 0.2) is 63.9 Å². The highest BCUT2D eigenvalue weighted by atomic mass is 32.2. The number of nitrogens with one attached hydrogen (secondary N) is 1. The van der Waals surface area contributed by atoms with Crippen LogP contribution in [0, 0.1) is 6.92 Å². The first-order valence-electron chi connectivity index (χ1n) is 9.95. The first kappa shape index (κ1) is 20.7. The number of H-pyrrole nitrogens is 1. The number of hydrogen-bond donors (Lipinski definition) is 1. The molecule has 4 nitrogen and oxygen atoms in total. The lowest BCUT2D eigenvalue weighted by molar-refractivity contribution is 0.344. The van der Waals surface area contributed by atoms with Crippen molar-refractivity contribution in [3.05, 3.63) is 75.4 Å². The number of nitrogens with zero attached hydrogens (tertiary/aromatic N) is 1. The summed E-state index contributed by atoms with van der Waals surface area (Å²) in [5.41, 5.74) is 4.39. The Morgan fingerprint density at radius 2 is 1.83 bits per heavy atom. The van der Waals surface area contributed by atoms with E-state index in [0.717, 1.165) is 21.7 Å². The highest BCUT2D eigenvalue weighted by Crippen LogP contribution is 2.32. The van der Waals surface area contributed by atoms with E-state index in [1.165, 1.54) is 34.2 Å². The van der Waals surface area contributed by atoms with Crippen LogP contribution in [0.2, 0.25) is 0 Å². The average Bonchev–Trinajstić information content (AvgIpc) is 3.17. The number of aromatic nitrogens is 2. The molecule has 0 fully saturated rings. The second-order valence-corrected chi connectivity index (χ2v) is 9.43. The molecule has 0 bridgehead atoms. The number of thiophene rings is 1. The van der Waals surface area contributed by atoms with Gasteiger partial charge in [0.25, 0.3) is 5.56 Å². The third-order valence-electron chi connectivity index (χ3n) is 4.92. The number of thioether (sulfide) groups is 1. The van der Waals surface area contributed by atoms with Crippen molar-refractivity contribution in [3.8, 4) is 16.9 Å². The normalized spacial score (nSPS) is 11.3. The molecule has 0 aliphatic carbocycles. The minimum atomic E-state index is -0.0915. The van der Waals surface area contributed by atoms with Crippen LogP contribution in [0.4, 0.5) is 0 Å². The first-order valence-corrected chi connectivity index (χ1v) is 11.8. The highest BCUT2D eigenvalue weighted by molar-refractivity contribution is 7.99. The van der Waals surface area contributed by atoms with Gasteiger partial charge in [0.15, 0.2) is 5.16 Å². The molecule has 0 amide bonds. The SMILES string of the molecule is Cc1ccc(OCCSc2nc3scc(-c4ccc(C(C)C)cc4)c3c(=O)[nH]2)cc1. The lowest BCUT2D eigenvalue weighted by Gasteiger charge is -2.07. The molecule has 154 valence electrons. The second-order valence-electron chi connectivity index (χ2n) is 7.49. The van der Waals surface area contributed by atoms with Gasteiger partial charge in [-0.2, -0.15) is 0 Å². The van der Waals surface area contributed by atoms with E-state index in [9.17, 15) is 4.79 Å². The third kappa shape index (κ3) is 4.60. The van der Waals surface area contributed by atoms with E-state index < -0.39 is 0 Å². The van der Waals surface area contributed by atoms with Crippen LogP contribution in [0.25, 0.3) is 21.3 Å². The molecule has 0 saturated carbocycles. The Balaban J connectivity index is 1.46. The molecule has 0 aliphatic heterocycles. The Morgan fingerprint density at radius 3 is 2.53 bits per heavy atom. The molecule has 4 rings (SSSR count). The number of aromatic amines is 1. The Morgan fingerprint density at radius 1 is 1.10 bits per heavy atom. The molecular weight excluding hydrogens is 412 g/mol. The van der Waals surface area contributed by atoms with Gasteiger partial charge in [0, 0.05) is 16.7 Å². The molecule has 2 aromatic carbocycles. The molecule has 2 aromatic heterocycles. The molecule has 0 spiro atoms. The van der Waals surface area contributed by atoms with Crippen molar-refractivity contribution in [3.63, 3.8) is 0 Å². The zero-order chi connectivity index (χ0) is 21.1. The van der Waals surface area contributed by atoms with Crippen molar-refractivity contribution in [2.45, 2.75) is 31.8 Å². The molecular formula is C24H24N2O2S2. The van der Waals surface area contributed by atoms with Crippen molar-refractivity contribution in [1.29, 1.82) is 0 Å². The van der Waals surface area contributed by atoms with Crippen LogP contribution in [0.5, 0.6) is 5.75 Å². The number of hydrogen-bond acceptors (Lipinski definition) is 5. The van der Waals surface area contributed by atoms with Crippen LogP contribution in [-0.2, 0) is 0 Å². The van der Waals surface area contributed by atoms with Crippen LogP contribution in [-0.4, -0.2) is 22.3 Å². The molecule has 4 aromatic rings. The van der Waals surface area contributed by atoms with Crippen molar-refractivity contribution >= 4 is 33.3 Å². The van der Waals surface area contributed by atoms with E-state index in [4.69, 9.17) is 4.74 Å². The van der Waals surface area contributed by atoms with Gasteiger partial charge in [-0.15, -0.1) is 11.3 Å². The van der Waals surface area contributed by atoms with Gasteiger partial charge in [0.2, 0.25) is 0 Å². The van der Waals surface area contributed by atoms with Crippen LogP contribution < -0.4 is 10.3 Å². The van der Waals surface area contributed by atoms with Crippen LogP contribution in [0.3, 0.4) is 0 Å². The summed E-state index contributed by atoms with van der Waals surface area (Å²) in [6.07, 6.45) is 0. The summed E-state index contributed by atoms with van der Waals surface area (Å²) in [4.78, 5) is 21.1. The van der Waals surface area contributed by atoms with Gasteiger partial charge in [0.1, 0.15) is 10.6 Å². The van der Waals surface area contributed by atoms with Crippen molar-refractivity contribution in [2.24, 2.45) is 0 Å². The Bertz CT molecular complexity index is 1190. The predicted octanol–water partition coefficient (Wildman–Crippen LogP) is 6.25. The number of ether oxygens (including phenoxy) is 1. The van der Waals surface area contributed by atoms with Gasteiger partial charge < -0.3 is 9.72 Å². The number of fused-ring (bicyclic) bond motifs is 1. The number of benzene rings is 2. The predicted molar refractivity (Wildman–Crippen MR) is 127 cm³/mol. The Labute approximate surface area is 184 Å². The average molecular weight is 437 g/mol. The van der Waals surface area contributed by atoms with Gasteiger partial charge in [0.05, 0.1) is 12.0 Å². The zero-order valence-corrected chi connectivity index (χ0v) is 18.9. The quantitative estimate of drug-likeness (QED) is 0.211. The standard InChI is InChI=1S/C24H24N2O2S2/c1-15(2)17-6-8-18(9-7-17)20-14-30-23-21(20)22(27)25-24(26-23)29-13-12-28-19-10-4-16(3)5-11-19/h4-11,14-15H,12-13H2,1-3H3,(H,25,26,27). The highest BCUT2D eigenvalue weighted by Gasteiger charge is 2.13. The molecule has 0 aliphatic rings. The third-order valence-corrected chi connectivity index (χ3v) is 6.63. The van der Waals surface area contributed by atoms with E-state index in [1.54, 1.807) is 0 Å². The maximum Gasteiger partial charge on any atom is 0.260 e. The van der Waals surface area contributed by atoms with Gasteiger partial charge in [-0.1, -0.05) is 67.6 Å². The van der Waals surface area contributed by atoms with Gasteiger partial charge in [-0.3, -0.25) is 4.79 Å². The number of aryl methyl sites for hydroxylation is 1. The van der Waals surface area contributed by atoms with E-state index in [1.807, 2.05) is 29.6 Å². The van der Waals surface area contributed by atoms with E-state index in [0.29, 0.717) is 28.8 Å². The molecule has 2 heterocycles. The summed E-state index contributed by atoms with van der Waals surface area (Å²) >= 11 is 3.01. The van der Waals surface area contributed by atoms with Crippen molar-refractivity contribution < 1.29 is 4.74 Å². The van der Waals surface area contributed by atoms with Crippen LogP contribution in [0.1, 0.15) is 30.9 Å². The van der Waals surface area contributed by atoms with Gasteiger partial charge in [-0.25, -0.2) is 4.98 Å². The topological polar surface area (TPSA) is 55.0 Å².